The molecule has 0 aromatic heterocycles. The van der Waals surface area contributed by atoms with Gasteiger partial charge in [0.15, 0.2) is 5.78 Å². The lowest BCUT2D eigenvalue weighted by Crippen LogP contribution is -2.43. The predicted molar refractivity (Wildman–Crippen MR) is 164 cm³/mol. The van der Waals surface area contributed by atoms with Crippen molar-refractivity contribution >= 4 is 28.6 Å². The Kier molecular flexibility index (Phi) is 8.72. The highest BCUT2D eigenvalue weighted by Gasteiger charge is 2.31. The van der Waals surface area contributed by atoms with E-state index in [1.54, 1.807) is 20.8 Å². The van der Waals surface area contributed by atoms with Gasteiger partial charge in [-0.25, -0.2) is 4.79 Å². The maximum absolute atomic E-state index is 13.3. The minimum Gasteiger partial charge on any atom is -0.460 e. The summed E-state index contributed by atoms with van der Waals surface area (Å²) in [5.41, 5.74) is 4.91. The number of amides is 1. The molecule has 0 unspecified atom stereocenters. The van der Waals surface area contributed by atoms with Crippen molar-refractivity contribution in [3.63, 3.8) is 0 Å². The van der Waals surface area contributed by atoms with Crippen LogP contribution in [-0.4, -0.2) is 36.1 Å². The van der Waals surface area contributed by atoms with Crippen molar-refractivity contribution < 1.29 is 23.9 Å². The van der Waals surface area contributed by atoms with Gasteiger partial charge in [-0.15, -0.1) is 0 Å². The van der Waals surface area contributed by atoms with Crippen LogP contribution in [-0.2, 0) is 25.5 Å². The van der Waals surface area contributed by atoms with Crippen LogP contribution in [0.4, 0.5) is 4.79 Å². The maximum Gasteiger partial charge on any atom is 0.407 e. The number of carbonyl (C=O) groups is 3. The number of hydrogen-bond acceptors (Lipinski definition) is 5. The van der Waals surface area contributed by atoms with Crippen molar-refractivity contribution in [2.24, 2.45) is 0 Å². The highest BCUT2D eigenvalue weighted by atomic mass is 16.6. The molecule has 42 heavy (non-hydrogen) atoms. The summed E-state index contributed by atoms with van der Waals surface area (Å²) in [6.45, 7) is 5.43. The molecule has 4 aromatic rings. The van der Waals surface area contributed by atoms with Crippen LogP contribution in [0.5, 0.6) is 0 Å². The molecule has 216 valence electrons. The Morgan fingerprint density at radius 1 is 0.810 bits per heavy atom. The Labute approximate surface area is 247 Å². The predicted octanol–water partition coefficient (Wildman–Crippen LogP) is 7.37. The van der Waals surface area contributed by atoms with Crippen LogP contribution in [0.1, 0.15) is 62.6 Å². The summed E-state index contributed by atoms with van der Waals surface area (Å²) >= 11 is 0. The standard InChI is InChI=1S/C36H37NO5/c1-36(2,3)42-34(39)22-32(33(38)21-11-15-25-14-10-13-24-12-4-5-16-26(24)25)37-35(40)41-23-31-29-19-8-6-17-27(29)28-18-7-9-20-30(28)31/h4-10,12-14,16-20,31-32H,11,15,21-23H2,1-3H3,(H,37,40)/t32-/m0/s1. The number of carbonyl (C=O) groups excluding carboxylic acids is 3. The molecule has 0 bridgehead atoms. The van der Waals surface area contributed by atoms with Gasteiger partial charge in [-0.1, -0.05) is 91.0 Å². The normalized spacial score (nSPS) is 13.2. The first kappa shape index (κ1) is 29.1. The van der Waals surface area contributed by atoms with Gasteiger partial charge in [0, 0.05) is 12.3 Å². The van der Waals surface area contributed by atoms with Gasteiger partial charge in [0.2, 0.25) is 0 Å². The van der Waals surface area contributed by atoms with Crippen LogP contribution in [0.3, 0.4) is 0 Å². The second kappa shape index (κ2) is 12.6. The molecule has 1 aliphatic rings. The first-order valence-corrected chi connectivity index (χ1v) is 14.5. The van der Waals surface area contributed by atoms with Crippen LogP contribution in [0.2, 0.25) is 0 Å². The smallest absolute Gasteiger partial charge is 0.407 e. The molecule has 0 saturated carbocycles. The zero-order chi connectivity index (χ0) is 29.7. The molecular formula is C36H37NO5. The first-order chi connectivity index (χ1) is 20.2. The molecule has 4 aromatic carbocycles. The van der Waals surface area contributed by atoms with Gasteiger partial charge in [-0.05, 0) is 72.2 Å². The molecule has 6 heteroatoms. The van der Waals surface area contributed by atoms with E-state index in [1.165, 1.54) is 0 Å². The van der Waals surface area contributed by atoms with Crippen LogP contribution < -0.4 is 5.32 Å². The van der Waals surface area contributed by atoms with Crippen LogP contribution >= 0.6 is 0 Å². The van der Waals surface area contributed by atoms with E-state index in [0.29, 0.717) is 12.8 Å². The molecule has 1 amide bonds. The Hall–Kier alpha value is -4.45. The first-order valence-electron chi connectivity index (χ1n) is 14.5. The van der Waals surface area contributed by atoms with E-state index in [0.717, 1.165) is 38.6 Å². The van der Waals surface area contributed by atoms with Crippen molar-refractivity contribution in [1.82, 2.24) is 5.32 Å². The number of rotatable bonds is 10. The maximum atomic E-state index is 13.3. The summed E-state index contributed by atoms with van der Waals surface area (Å²) in [6, 6.07) is 29.5. The second-order valence-corrected chi connectivity index (χ2v) is 11.8. The molecule has 1 atom stereocenters. The number of aryl methyl sites for hydroxylation is 1. The van der Waals surface area contributed by atoms with E-state index in [2.05, 4.69) is 41.7 Å². The van der Waals surface area contributed by atoms with Crippen LogP contribution in [0.15, 0.2) is 91.0 Å². The number of Topliss-reactive ketones (excluding diaryl/α,β-unsaturated/α-hetero) is 1. The summed E-state index contributed by atoms with van der Waals surface area (Å²) in [7, 11) is 0. The van der Waals surface area contributed by atoms with E-state index < -0.39 is 23.7 Å². The number of ketones is 1. The summed E-state index contributed by atoms with van der Waals surface area (Å²) in [5, 5.41) is 4.99. The fourth-order valence-corrected chi connectivity index (χ4v) is 5.72. The quantitative estimate of drug-likeness (QED) is 0.204. The fraction of sp³-hybridized carbons (Fsp3) is 0.306. The van der Waals surface area contributed by atoms with E-state index in [1.807, 2.05) is 54.6 Å². The molecule has 0 heterocycles. The third kappa shape index (κ3) is 6.88. The van der Waals surface area contributed by atoms with Crippen LogP contribution in [0, 0.1) is 0 Å². The number of fused-ring (bicyclic) bond motifs is 4. The molecule has 0 aliphatic heterocycles. The topological polar surface area (TPSA) is 81.7 Å². The van der Waals surface area contributed by atoms with Gasteiger partial charge >= 0.3 is 12.1 Å². The lowest BCUT2D eigenvalue weighted by atomic mass is 9.97. The number of benzene rings is 4. The number of alkyl carbamates (subject to hydrolysis) is 1. The largest absolute Gasteiger partial charge is 0.460 e. The molecule has 0 radical (unpaired) electrons. The fourth-order valence-electron chi connectivity index (χ4n) is 5.72. The Morgan fingerprint density at radius 3 is 2.12 bits per heavy atom. The summed E-state index contributed by atoms with van der Waals surface area (Å²) in [5.74, 6) is -0.882. The molecule has 5 rings (SSSR count). The molecule has 0 saturated heterocycles. The summed E-state index contributed by atoms with van der Waals surface area (Å²) < 4.78 is 11.1. The lowest BCUT2D eigenvalue weighted by molar-refractivity contribution is -0.156. The van der Waals surface area contributed by atoms with Gasteiger partial charge in [0.05, 0.1) is 6.42 Å². The van der Waals surface area contributed by atoms with Crippen molar-refractivity contribution in [3.8, 4) is 11.1 Å². The number of nitrogens with one attached hydrogen (secondary N) is 1. The third-order valence-corrected chi connectivity index (χ3v) is 7.56. The Bertz CT molecular complexity index is 1550. The van der Waals surface area contributed by atoms with Gasteiger partial charge < -0.3 is 14.8 Å². The van der Waals surface area contributed by atoms with Crippen molar-refractivity contribution in [3.05, 3.63) is 108 Å². The van der Waals surface area contributed by atoms with Gasteiger partial charge in [0.25, 0.3) is 0 Å². The van der Waals surface area contributed by atoms with Gasteiger partial charge in [-0.2, -0.15) is 0 Å². The number of hydrogen-bond donors (Lipinski definition) is 1. The zero-order valence-corrected chi connectivity index (χ0v) is 24.4. The molecule has 6 nitrogen and oxygen atoms in total. The van der Waals surface area contributed by atoms with Crippen molar-refractivity contribution in [1.29, 1.82) is 0 Å². The highest BCUT2D eigenvalue weighted by molar-refractivity contribution is 5.91. The minimum atomic E-state index is -1.04. The highest BCUT2D eigenvalue weighted by Crippen LogP contribution is 2.44. The average molecular weight is 564 g/mol. The van der Waals surface area contributed by atoms with Gasteiger partial charge in [0.1, 0.15) is 18.2 Å². The summed E-state index contributed by atoms with van der Waals surface area (Å²) in [6.07, 6.45) is 0.517. The second-order valence-electron chi connectivity index (χ2n) is 11.8. The Morgan fingerprint density at radius 2 is 1.43 bits per heavy atom. The van der Waals surface area contributed by atoms with Crippen molar-refractivity contribution in [2.75, 3.05) is 6.61 Å². The van der Waals surface area contributed by atoms with Gasteiger partial charge in [-0.3, -0.25) is 9.59 Å². The number of esters is 1. The van der Waals surface area contributed by atoms with E-state index >= 15 is 0 Å². The number of ether oxygens (including phenoxy) is 2. The van der Waals surface area contributed by atoms with E-state index in [9.17, 15) is 14.4 Å². The molecule has 0 spiro atoms. The van der Waals surface area contributed by atoms with E-state index in [-0.39, 0.29) is 31.1 Å². The van der Waals surface area contributed by atoms with Crippen LogP contribution in [0.25, 0.3) is 21.9 Å². The molecule has 0 fully saturated rings. The zero-order valence-electron chi connectivity index (χ0n) is 24.4. The molecular weight excluding hydrogens is 526 g/mol. The monoisotopic (exact) mass is 563 g/mol. The lowest BCUT2D eigenvalue weighted by Gasteiger charge is -2.23. The summed E-state index contributed by atoms with van der Waals surface area (Å²) in [4.78, 5) is 39.0. The SMILES string of the molecule is CC(C)(C)OC(=O)C[C@H](NC(=O)OCC1c2ccccc2-c2ccccc21)C(=O)CCCc1cccc2ccccc12. The minimum absolute atomic E-state index is 0.108. The third-order valence-electron chi connectivity index (χ3n) is 7.56. The average Bonchev–Trinajstić information content (AvgIpc) is 3.28. The molecule has 1 aliphatic carbocycles. The van der Waals surface area contributed by atoms with E-state index in [4.69, 9.17) is 9.47 Å². The van der Waals surface area contributed by atoms with Crippen molar-refractivity contribution in [2.45, 2.75) is 64.0 Å². The Balaban J connectivity index is 1.23. The molecule has 1 N–H and O–H groups in total.